The van der Waals surface area contributed by atoms with E-state index in [4.69, 9.17) is 11.6 Å². The van der Waals surface area contributed by atoms with E-state index in [0.717, 1.165) is 28.8 Å². The van der Waals surface area contributed by atoms with Crippen molar-refractivity contribution in [3.05, 3.63) is 82.1 Å². The van der Waals surface area contributed by atoms with Crippen LogP contribution in [0.25, 0.3) is 0 Å². The summed E-state index contributed by atoms with van der Waals surface area (Å²) >= 11 is 5.89. The first kappa shape index (κ1) is 18.9. The summed E-state index contributed by atoms with van der Waals surface area (Å²) in [5.41, 5.74) is 4.33. The molecule has 0 aliphatic carbocycles. The van der Waals surface area contributed by atoms with Crippen molar-refractivity contribution < 1.29 is 4.79 Å². The van der Waals surface area contributed by atoms with E-state index in [9.17, 15) is 4.79 Å². The number of aryl methyl sites for hydroxylation is 2. The van der Waals surface area contributed by atoms with Gasteiger partial charge in [0, 0.05) is 23.5 Å². The fourth-order valence-electron chi connectivity index (χ4n) is 2.73. The number of nitrogens with zero attached hydrogens (tertiary/aromatic N) is 2. The smallest absolute Gasteiger partial charge is 0.274 e. The molecule has 0 atom stereocenters. The number of halogens is 1. The number of aromatic nitrogens is 2. The van der Waals surface area contributed by atoms with Gasteiger partial charge in [-0.1, -0.05) is 48.9 Å². The van der Waals surface area contributed by atoms with Gasteiger partial charge in [0.15, 0.2) is 0 Å². The van der Waals surface area contributed by atoms with Gasteiger partial charge in [-0.05, 0) is 48.2 Å². The number of nitrogens with one attached hydrogen (secondary N) is 2. The van der Waals surface area contributed by atoms with E-state index in [0.29, 0.717) is 23.2 Å². The molecule has 2 N–H and O–H groups in total. The summed E-state index contributed by atoms with van der Waals surface area (Å²) in [4.78, 5) is 21.2. The molecule has 0 fully saturated rings. The van der Waals surface area contributed by atoms with Crippen LogP contribution in [0.2, 0.25) is 5.02 Å². The quantitative estimate of drug-likeness (QED) is 0.640. The Kier molecular flexibility index (Phi) is 6.04. The molecule has 3 rings (SSSR count). The van der Waals surface area contributed by atoms with Crippen LogP contribution in [0.4, 0.5) is 11.6 Å². The maximum absolute atomic E-state index is 12.7. The van der Waals surface area contributed by atoms with E-state index in [1.807, 2.05) is 49.4 Å². The molecule has 6 heteroatoms. The van der Waals surface area contributed by atoms with Gasteiger partial charge >= 0.3 is 0 Å². The molecule has 0 unspecified atom stereocenters. The molecule has 1 amide bonds. The Bertz CT molecular complexity index is 941. The van der Waals surface area contributed by atoms with Crippen LogP contribution < -0.4 is 10.6 Å². The average Bonchev–Trinajstić information content (AvgIpc) is 2.69. The van der Waals surface area contributed by atoms with E-state index >= 15 is 0 Å². The zero-order valence-corrected chi connectivity index (χ0v) is 16.0. The minimum Gasteiger partial charge on any atom is -0.350 e. The first-order valence-corrected chi connectivity index (χ1v) is 9.16. The Hall–Kier alpha value is -2.92. The number of benzene rings is 2. The van der Waals surface area contributed by atoms with E-state index in [1.54, 1.807) is 12.3 Å². The molecular formula is C21H21ClN4O. The lowest BCUT2D eigenvalue weighted by atomic mass is 10.1. The van der Waals surface area contributed by atoms with Crippen LogP contribution in [0, 0.1) is 6.92 Å². The molecule has 0 spiro atoms. The van der Waals surface area contributed by atoms with E-state index in [-0.39, 0.29) is 5.91 Å². The highest BCUT2D eigenvalue weighted by atomic mass is 35.5. The number of rotatable bonds is 6. The van der Waals surface area contributed by atoms with Gasteiger partial charge in [-0.2, -0.15) is 0 Å². The van der Waals surface area contributed by atoms with Gasteiger partial charge in [-0.3, -0.25) is 4.79 Å². The van der Waals surface area contributed by atoms with E-state index in [1.165, 1.54) is 0 Å². The molecule has 1 aromatic heterocycles. The highest BCUT2D eigenvalue weighted by Crippen LogP contribution is 2.21. The van der Waals surface area contributed by atoms with Gasteiger partial charge < -0.3 is 10.6 Å². The summed E-state index contributed by atoms with van der Waals surface area (Å²) < 4.78 is 0. The minimum absolute atomic E-state index is 0.254. The summed E-state index contributed by atoms with van der Waals surface area (Å²) in [6, 6.07) is 15.1. The van der Waals surface area contributed by atoms with Crippen LogP contribution in [-0.4, -0.2) is 15.9 Å². The summed E-state index contributed by atoms with van der Waals surface area (Å²) in [5, 5.41) is 6.80. The van der Waals surface area contributed by atoms with Crippen molar-refractivity contribution in [2.45, 2.75) is 26.8 Å². The Morgan fingerprint density at radius 1 is 1.11 bits per heavy atom. The van der Waals surface area contributed by atoms with Crippen molar-refractivity contribution in [3.8, 4) is 0 Å². The average molecular weight is 381 g/mol. The van der Waals surface area contributed by atoms with Gasteiger partial charge in [0.2, 0.25) is 5.95 Å². The third-order valence-corrected chi connectivity index (χ3v) is 4.48. The lowest BCUT2D eigenvalue weighted by Crippen LogP contribution is -2.17. The molecule has 138 valence electrons. The number of amides is 1. The highest BCUT2D eigenvalue weighted by Gasteiger charge is 2.12. The van der Waals surface area contributed by atoms with Crippen molar-refractivity contribution in [2.75, 3.05) is 10.6 Å². The number of carbonyl (C=O) groups excluding carboxylic acids is 1. The minimum atomic E-state index is -0.254. The van der Waals surface area contributed by atoms with Gasteiger partial charge in [-0.25, -0.2) is 9.97 Å². The second-order valence-electron chi connectivity index (χ2n) is 6.16. The molecule has 5 nitrogen and oxygen atoms in total. The standard InChI is InChI=1S/C21H21ClN4O/c1-3-16-6-4-5-14(2)19(16)26-20(27)18-11-12-23-21(25-18)24-13-15-7-9-17(22)10-8-15/h4-12H,3,13H2,1-2H3,(H,26,27)(H,23,24,25). The van der Waals surface area contributed by atoms with Crippen LogP contribution >= 0.6 is 11.6 Å². The van der Waals surface area contributed by atoms with Crippen molar-refractivity contribution >= 4 is 29.1 Å². The maximum Gasteiger partial charge on any atom is 0.274 e. The maximum atomic E-state index is 12.7. The topological polar surface area (TPSA) is 66.9 Å². The van der Waals surface area contributed by atoms with Crippen LogP contribution in [0.1, 0.15) is 34.1 Å². The molecule has 0 aliphatic rings. The predicted octanol–water partition coefficient (Wildman–Crippen LogP) is 4.87. The summed E-state index contributed by atoms with van der Waals surface area (Å²) in [5.74, 6) is 0.147. The second kappa shape index (κ2) is 8.64. The molecule has 0 saturated heterocycles. The molecule has 1 heterocycles. The van der Waals surface area contributed by atoms with Crippen molar-refractivity contribution in [3.63, 3.8) is 0 Å². The first-order valence-electron chi connectivity index (χ1n) is 8.78. The molecule has 3 aromatic rings. The van der Waals surface area contributed by atoms with Crippen molar-refractivity contribution in [1.29, 1.82) is 0 Å². The zero-order valence-electron chi connectivity index (χ0n) is 15.3. The van der Waals surface area contributed by atoms with Crippen molar-refractivity contribution in [1.82, 2.24) is 9.97 Å². The van der Waals surface area contributed by atoms with Crippen LogP contribution in [0.15, 0.2) is 54.7 Å². The summed E-state index contributed by atoms with van der Waals surface area (Å²) in [7, 11) is 0. The number of para-hydroxylation sites is 1. The second-order valence-corrected chi connectivity index (χ2v) is 6.60. The van der Waals surface area contributed by atoms with Gasteiger partial charge in [0.05, 0.1) is 0 Å². The highest BCUT2D eigenvalue weighted by molar-refractivity contribution is 6.30. The predicted molar refractivity (Wildman–Crippen MR) is 109 cm³/mol. The third-order valence-electron chi connectivity index (χ3n) is 4.23. The first-order chi connectivity index (χ1) is 13.1. The Labute approximate surface area is 163 Å². The van der Waals surface area contributed by atoms with Crippen LogP contribution in [0.3, 0.4) is 0 Å². The fourth-order valence-corrected chi connectivity index (χ4v) is 2.86. The number of anilines is 2. The molecule has 0 saturated carbocycles. The van der Waals surface area contributed by atoms with Gasteiger partial charge in [-0.15, -0.1) is 0 Å². The Morgan fingerprint density at radius 3 is 2.63 bits per heavy atom. The normalized spacial score (nSPS) is 10.5. The number of carbonyl (C=O) groups is 1. The van der Waals surface area contributed by atoms with E-state index < -0.39 is 0 Å². The largest absolute Gasteiger partial charge is 0.350 e. The summed E-state index contributed by atoms with van der Waals surface area (Å²) in [6.45, 7) is 4.59. The van der Waals surface area contributed by atoms with Crippen molar-refractivity contribution in [2.24, 2.45) is 0 Å². The van der Waals surface area contributed by atoms with Crippen LogP contribution in [-0.2, 0) is 13.0 Å². The molecule has 2 aromatic carbocycles. The molecule has 0 radical (unpaired) electrons. The van der Waals surface area contributed by atoms with Gasteiger partial charge in [0.1, 0.15) is 5.69 Å². The lowest BCUT2D eigenvalue weighted by molar-refractivity contribution is 0.102. The lowest BCUT2D eigenvalue weighted by Gasteiger charge is -2.13. The van der Waals surface area contributed by atoms with Crippen LogP contribution in [0.5, 0.6) is 0 Å². The molecule has 0 aliphatic heterocycles. The Balaban J connectivity index is 1.71. The van der Waals surface area contributed by atoms with Gasteiger partial charge in [0.25, 0.3) is 5.91 Å². The molecule has 27 heavy (non-hydrogen) atoms. The van der Waals surface area contributed by atoms with E-state index in [2.05, 4.69) is 27.5 Å². The SMILES string of the molecule is CCc1cccc(C)c1NC(=O)c1ccnc(NCc2ccc(Cl)cc2)n1. The Morgan fingerprint density at radius 2 is 1.89 bits per heavy atom. The number of hydrogen-bond acceptors (Lipinski definition) is 4. The monoisotopic (exact) mass is 380 g/mol. The fraction of sp³-hybridized carbons (Fsp3) is 0.190. The number of hydrogen-bond donors (Lipinski definition) is 2. The molecular weight excluding hydrogens is 360 g/mol. The molecule has 0 bridgehead atoms. The summed E-state index contributed by atoms with van der Waals surface area (Å²) in [6.07, 6.45) is 2.42. The third kappa shape index (κ3) is 4.83. The zero-order chi connectivity index (χ0) is 19.2.